The Morgan fingerprint density at radius 3 is 2.37 bits per heavy atom. The first-order chi connectivity index (χ1) is 12.6. The highest BCUT2D eigenvalue weighted by Crippen LogP contribution is 2.31. The van der Waals surface area contributed by atoms with Crippen molar-refractivity contribution in [1.82, 2.24) is 4.72 Å². The summed E-state index contributed by atoms with van der Waals surface area (Å²) >= 11 is 7.24. The molecule has 0 amide bonds. The highest BCUT2D eigenvalue weighted by atomic mass is 35.5. The molecule has 3 nitrogen and oxygen atoms in total. The molecule has 0 fully saturated rings. The van der Waals surface area contributed by atoms with Crippen LogP contribution in [-0.2, 0) is 22.7 Å². The van der Waals surface area contributed by atoms with E-state index < -0.39 is 26.7 Å². The van der Waals surface area contributed by atoms with Crippen molar-refractivity contribution in [2.45, 2.75) is 17.6 Å². The minimum atomic E-state index is -4.60. The number of alkyl halides is 3. The van der Waals surface area contributed by atoms with Crippen molar-refractivity contribution >= 4 is 33.0 Å². The number of nitrogens with one attached hydrogen (secondary N) is 1. The molecule has 0 aliphatic rings. The number of halogens is 4. The third-order valence-electron chi connectivity index (χ3n) is 3.70. The van der Waals surface area contributed by atoms with Gasteiger partial charge in [0.1, 0.15) is 0 Å². The minimum absolute atomic E-state index is 0.0170. The summed E-state index contributed by atoms with van der Waals surface area (Å²) in [4.78, 5) is 1.24. The summed E-state index contributed by atoms with van der Waals surface area (Å²) in [6, 6.07) is 14.5. The van der Waals surface area contributed by atoms with Crippen LogP contribution in [0.3, 0.4) is 0 Å². The summed E-state index contributed by atoms with van der Waals surface area (Å²) in [7, 11) is -4.06. The van der Waals surface area contributed by atoms with Gasteiger partial charge in [-0.15, -0.1) is 11.3 Å². The predicted octanol–water partition coefficient (Wildman–Crippen LogP) is 5.57. The molecule has 0 aliphatic carbocycles. The van der Waals surface area contributed by atoms with E-state index in [-0.39, 0.29) is 6.54 Å². The number of rotatable bonds is 5. The molecule has 0 saturated carbocycles. The van der Waals surface area contributed by atoms with Crippen LogP contribution in [0.4, 0.5) is 13.2 Å². The molecular weight excluding hydrogens is 419 g/mol. The van der Waals surface area contributed by atoms with Crippen LogP contribution in [0, 0.1) is 0 Å². The fraction of sp³-hybridized carbons (Fsp3) is 0.111. The highest BCUT2D eigenvalue weighted by Gasteiger charge is 2.31. The van der Waals surface area contributed by atoms with Crippen molar-refractivity contribution in [3.05, 3.63) is 76.1 Å². The Labute approximate surface area is 163 Å². The van der Waals surface area contributed by atoms with Crippen LogP contribution < -0.4 is 4.72 Å². The highest BCUT2D eigenvalue weighted by molar-refractivity contribution is 7.89. The Morgan fingerprint density at radius 1 is 1.00 bits per heavy atom. The van der Waals surface area contributed by atoms with E-state index in [0.717, 1.165) is 33.5 Å². The minimum Gasteiger partial charge on any atom is -0.207 e. The van der Waals surface area contributed by atoms with Crippen molar-refractivity contribution in [3.63, 3.8) is 0 Å². The molecule has 1 N–H and O–H groups in total. The zero-order valence-corrected chi connectivity index (χ0v) is 16.0. The van der Waals surface area contributed by atoms with Crippen molar-refractivity contribution < 1.29 is 21.6 Å². The molecule has 2 aromatic carbocycles. The van der Waals surface area contributed by atoms with Gasteiger partial charge in [-0.2, -0.15) is 13.2 Å². The maximum absolute atomic E-state index is 12.8. The fourth-order valence-corrected chi connectivity index (χ4v) is 4.55. The Balaban J connectivity index is 1.74. The quantitative estimate of drug-likeness (QED) is 0.574. The molecule has 9 heteroatoms. The summed E-state index contributed by atoms with van der Waals surface area (Å²) in [5.74, 6) is 0. The number of thiophene rings is 1. The monoisotopic (exact) mass is 431 g/mol. The van der Waals surface area contributed by atoms with Gasteiger partial charge in [-0.3, -0.25) is 0 Å². The molecule has 0 bridgehead atoms. The van der Waals surface area contributed by atoms with E-state index in [0.29, 0.717) is 11.1 Å². The standard InChI is InChI=1S/C18H13ClF3NO2S2/c19-14-6-4-12(5-7-14)17-9-8-15(26-17)11-23-27(24,25)16-3-1-2-13(10-16)18(20,21)22/h1-10,23H,11H2. The second kappa shape index (κ2) is 7.63. The maximum Gasteiger partial charge on any atom is 0.416 e. The fourth-order valence-electron chi connectivity index (χ4n) is 2.33. The first-order valence-electron chi connectivity index (χ1n) is 7.67. The van der Waals surface area contributed by atoms with Gasteiger partial charge >= 0.3 is 6.18 Å². The molecule has 0 aliphatic heterocycles. The summed E-state index contributed by atoms with van der Waals surface area (Å²) in [6.45, 7) is -0.0170. The lowest BCUT2D eigenvalue weighted by Gasteiger charge is -2.10. The molecule has 0 atom stereocenters. The average Bonchev–Trinajstić information content (AvgIpc) is 3.09. The van der Waals surface area contributed by atoms with Gasteiger partial charge in [0.15, 0.2) is 0 Å². The van der Waals surface area contributed by atoms with Gasteiger partial charge in [0.2, 0.25) is 10.0 Å². The zero-order chi connectivity index (χ0) is 19.7. The Bertz CT molecular complexity index is 1040. The SMILES string of the molecule is O=S(=O)(NCc1ccc(-c2ccc(Cl)cc2)s1)c1cccc(C(F)(F)F)c1. The van der Waals surface area contributed by atoms with Crippen molar-refractivity contribution in [1.29, 1.82) is 0 Å². The summed E-state index contributed by atoms with van der Waals surface area (Å²) in [5, 5.41) is 0.615. The normalized spacial score (nSPS) is 12.3. The first-order valence-corrected chi connectivity index (χ1v) is 10.3. The number of sulfonamides is 1. The second-order valence-electron chi connectivity index (χ2n) is 5.62. The molecule has 27 heavy (non-hydrogen) atoms. The average molecular weight is 432 g/mol. The molecule has 3 aromatic rings. The second-order valence-corrected chi connectivity index (χ2v) is 8.99. The lowest BCUT2D eigenvalue weighted by Crippen LogP contribution is -2.23. The first kappa shape index (κ1) is 19.9. The molecule has 1 heterocycles. The van der Waals surface area contributed by atoms with Gasteiger partial charge in [0.05, 0.1) is 10.5 Å². The van der Waals surface area contributed by atoms with Gasteiger partial charge in [0, 0.05) is 21.3 Å². The Morgan fingerprint density at radius 2 is 1.70 bits per heavy atom. The number of hydrogen-bond donors (Lipinski definition) is 1. The molecule has 3 rings (SSSR count). The number of benzene rings is 2. The van der Waals surface area contributed by atoms with Gasteiger partial charge in [-0.1, -0.05) is 29.8 Å². The van der Waals surface area contributed by atoms with E-state index in [1.807, 2.05) is 18.2 Å². The zero-order valence-electron chi connectivity index (χ0n) is 13.6. The van der Waals surface area contributed by atoms with Crippen LogP contribution in [0.1, 0.15) is 10.4 Å². The van der Waals surface area contributed by atoms with E-state index in [1.165, 1.54) is 11.3 Å². The summed E-state index contributed by atoms with van der Waals surface area (Å²) < 4.78 is 65.3. The topological polar surface area (TPSA) is 46.2 Å². The predicted molar refractivity (Wildman–Crippen MR) is 100 cm³/mol. The molecule has 0 radical (unpaired) electrons. The summed E-state index contributed by atoms with van der Waals surface area (Å²) in [5.41, 5.74) is -0.0668. The van der Waals surface area contributed by atoms with Crippen LogP contribution in [0.15, 0.2) is 65.6 Å². The lowest BCUT2D eigenvalue weighted by atomic mass is 10.2. The molecule has 142 valence electrons. The van der Waals surface area contributed by atoms with Crippen molar-refractivity contribution in [2.75, 3.05) is 0 Å². The van der Waals surface area contributed by atoms with Crippen LogP contribution in [0.25, 0.3) is 10.4 Å². The molecule has 0 spiro atoms. The van der Waals surface area contributed by atoms with Crippen LogP contribution in [0.5, 0.6) is 0 Å². The number of hydrogen-bond acceptors (Lipinski definition) is 3. The van der Waals surface area contributed by atoms with Gasteiger partial charge < -0.3 is 0 Å². The lowest BCUT2D eigenvalue weighted by molar-refractivity contribution is -0.137. The van der Waals surface area contributed by atoms with E-state index in [1.54, 1.807) is 18.2 Å². The van der Waals surface area contributed by atoms with E-state index >= 15 is 0 Å². The van der Waals surface area contributed by atoms with Crippen molar-refractivity contribution in [3.8, 4) is 10.4 Å². The molecular formula is C18H13ClF3NO2S2. The molecule has 0 unspecified atom stereocenters. The summed E-state index contributed by atoms with van der Waals surface area (Å²) in [6.07, 6.45) is -4.60. The molecule has 0 saturated heterocycles. The van der Waals surface area contributed by atoms with E-state index in [4.69, 9.17) is 11.6 Å². The third kappa shape index (κ3) is 4.90. The Kier molecular flexibility index (Phi) is 5.62. The van der Waals surface area contributed by atoms with Gasteiger partial charge in [0.25, 0.3) is 0 Å². The van der Waals surface area contributed by atoms with Crippen molar-refractivity contribution in [2.24, 2.45) is 0 Å². The van der Waals surface area contributed by atoms with Gasteiger partial charge in [-0.25, -0.2) is 13.1 Å². The third-order valence-corrected chi connectivity index (χ3v) is 6.48. The maximum atomic E-state index is 12.8. The largest absolute Gasteiger partial charge is 0.416 e. The van der Waals surface area contributed by atoms with Crippen LogP contribution in [-0.4, -0.2) is 8.42 Å². The van der Waals surface area contributed by atoms with Crippen LogP contribution in [0.2, 0.25) is 5.02 Å². The van der Waals surface area contributed by atoms with Gasteiger partial charge in [-0.05, 0) is 48.0 Å². The smallest absolute Gasteiger partial charge is 0.207 e. The van der Waals surface area contributed by atoms with E-state index in [2.05, 4.69) is 4.72 Å². The van der Waals surface area contributed by atoms with E-state index in [9.17, 15) is 21.6 Å². The molecule has 1 aromatic heterocycles. The Hall–Kier alpha value is -1.87. The van der Waals surface area contributed by atoms with Crippen LogP contribution >= 0.6 is 22.9 Å².